The number of fused-ring (bicyclic) bond motifs is 7. The largest absolute Gasteiger partial charge is 0.0874 e. The van der Waals surface area contributed by atoms with E-state index in [2.05, 4.69) is 67.5 Å². The molecule has 0 spiro atoms. The van der Waals surface area contributed by atoms with Gasteiger partial charge in [-0.05, 0) is 120 Å². The van der Waals surface area contributed by atoms with Gasteiger partial charge in [-0.3, -0.25) is 0 Å². The van der Waals surface area contributed by atoms with Crippen molar-refractivity contribution in [1.29, 1.82) is 0 Å². The molecule has 9 atom stereocenters. The first-order valence-corrected chi connectivity index (χ1v) is 13.6. The van der Waals surface area contributed by atoms with E-state index in [-0.39, 0.29) is 0 Å². The van der Waals surface area contributed by atoms with E-state index in [1.54, 1.807) is 0 Å². The Morgan fingerprint density at radius 1 is 0.733 bits per heavy atom. The van der Waals surface area contributed by atoms with Crippen LogP contribution in [0.1, 0.15) is 113 Å². The van der Waals surface area contributed by atoms with Crippen LogP contribution in [0.5, 0.6) is 0 Å². The Balaban J connectivity index is 1.56. The molecule has 0 N–H and O–H groups in total. The summed E-state index contributed by atoms with van der Waals surface area (Å²) < 4.78 is 0. The quantitative estimate of drug-likeness (QED) is 0.378. The van der Waals surface area contributed by atoms with Crippen LogP contribution < -0.4 is 0 Å². The number of hydrogen-bond acceptors (Lipinski definition) is 0. The minimum Gasteiger partial charge on any atom is -0.0874 e. The monoisotopic (exact) mass is 410 g/mol. The molecule has 0 bridgehead atoms. The summed E-state index contributed by atoms with van der Waals surface area (Å²) in [5, 5.41) is 0. The van der Waals surface area contributed by atoms with Gasteiger partial charge in [0.15, 0.2) is 0 Å². The lowest BCUT2D eigenvalue weighted by Gasteiger charge is -2.72. The van der Waals surface area contributed by atoms with Crippen LogP contribution in [0, 0.1) is 62.6 Å². The molecule has 0 unspecified atom stereocenters. The zero-order valence-electron chi connectivity index (χ0n) is 21.5. The predicted molar refractivity (Wildman–Crippen MR) is 129 cm³/mol. The van der Waals surface area contributed by atoms with E-state index in [1.165, 1.54) is 57.8 Å². The van der Waals surface area contributed by atoms with Gasteiger partial charge in [-0.25, -0.2) is 0 Å². The van der Waals surface area contributed by atoms with E-state index in [4.69, 9.17) is 0 Å². The molecule has 0 amide bonds. The van der Waals surface area contributed by atoms with Crippen molar-refractivity contribution in [3.63, 3.8) is 0 Å². The molecule has 4 fully saturated rings. The van der Waals surface area contributed by atoms with E-state index < -0.39 is 0 Å². The molecule has 5 aliphatic carbocycles. The third-order valence-electron chi connectivity index (χ3n) is 13.0. The van der Waals surface area contributed by atoms with Gasteiger partial charge in [-0.1, -0.05) is 67.5 Å². The Bertz CT molecular complexity index is 728. The second-order valence-electron chi connectivity index (χ2n) is 14.8. The highest BCUT2D eigenvalue weighted by Crippen LogP contribution is 2.76. The molecule has 0 nitrogen and oxygen atoms in total. The molecule has 0 heterocycles. The van der Waals surface area contributed by atoms with Crippen LogP contribution in [-0.4, -0.2) is 0 Å². The van der Waals surface area contributed by atoms with Crippen LogP contribution >= 0.6 is 0 Å². The Morgan fingerprint density at radius 2 is 1.47 bits per heavy atom. The molecule has 5 rings (SSSR count). The van der Waals surface area contributed by atoms with Crippen LogP contribution in [0.15, 0.2) is 12.2 Å². The van der Waals surface area contributed by atoms with Crippen molar-refractivity contribution in [3.05, 3.63) is 12.2 Å². The van der Waals surface area contributed by atoms with E-state index >= 15 is 0 Å². The first kappa shape index (κ1) is 21.6. The molecule has 0 aliphatic heterocycles. The summed E-state index contributed by atoms with van der Waals surface area (Å²) >= 11 is 0. The van der Waals surface area contributed by atoms with E-state index in [9.17, 15) is 0 Å². The van der Waals surface area contributed by atoms with Crippen LogP contribution in [0.3, 0.4) is 0 Å². The van der Waals surface area contributed by atoms with Crippen molar-refractivity contribution >= 4 is 0 Å². The van der Waals surface area contributed by atoms with Gasteiger partial charge in [0, 0.05) is 0 Å². The van der Waals surface area contributed by atoms with Crippen molar-refractivity contribution in [2.75, 3.05) is 0 Å². The first-order valence-electron chi connectivity index (χ1n) is 13.6. The van der Waals surface area contributed by atoms with Crippen LogP contribution in [0.2, 0.25) is 0 Å². The van der Waals surface area contributed by atoms with Crippen molar-refractivity contribution in [3.8, 4) is 0 Å². The Hall–Kier alpha value is -0.260. The molecule has 0 heteroatoms. The molecule has 30 heavy (non-hydrogen) atoms. The molecule has 0 radical (unpaired) electrons. The highest BCUT2D eigenvalue weighted by Gasteiger charge is 2.69. The number of rotatable bonds is 1. The molecule has 0 aromatic carbocycles. The van der Waals surface area contributed by atoms with Crippen molar-refractivity contribution in [1.82, 2.24) is 0 Å². The molecule has 170 valence electrons. The normalized spacial score (nSPS) is 56.8. The lowest BCUT2D eigenvalue weighted by atomic mass is 9.33. The molecule has 0 aromatic rings. The molecule has 5 aliphatic rings. The zero-order valence-corrected chi connectivity index (χ0v) is 21.5. The van der Waals surface area contributed by atoms with E-state index in [1.807, 2.05) is 0 Å². The minimum atomic E-state index is 0.413. The predicted octanol–water partition coefficient (Wildman–Crippen LogP) is 8.91. The summed E-state index contributed by atoms with van der Waals surface area (Å²) in [5.41, 5.74) is 2.58. The Kier molecular flexibility index (Phi) is 4.61. The molecular formula is C30H50. The van der Waals surface area contributed by atoms with Gasteiger partial charge in [0.25, 0.3) is 0 Å². The molecule has 0 aromatic heterocycles. The fraction of sp³-hybridized carbons (Fsp3) is 0.933. The van der Waals surface area contributed by atoms with Gasteiger partial charge in [0.05, 0.1) is 0 Å². The van der Waals surface area contributed by atoms with Gasteiger partial charge in [0.1, 0.15) is 0 Å². The Labute approximate surface area is 188 Å². The standard InChI is InChI=1S/C30H50/c1-20(2)21-12-16-27(5)18-19-29(7)22(25(21)27)10-11-24-28(6)15-9-14-26(3,4)23(28)13-17-30(24,29)8/h9,15,20-25H,10-14,16-19H2,1-8H3/t21-,22+,23-,24+,25+,27+,28-,29+,30+/m0/s1. The van der Waals surface area contributed by atoms with Gasteiger partial charge in [-0.15, -0.1) is 0 Å². The van der Waals surface area contributed by atoms with Crippen LogP contribution in [0.25, 0.3) is 0 Å². The highest BCUT2D eigenvalue weighted by molar-refractivity contribution is 5.23. The summed E-state index contributed by atoms with van der Waals surface area (Å²) in [6, 6.07) is 0. The highest BCUT2D eigenvalue weighted by atomic mass is 14.7. The fourth-order valence-corrected chi connectivity index (χ4v) is 11.3. The third-order valence-corrected chi connectivity index (χ3v) is 13.0. The SMILES string of the molecule is CC(C)[C@@H]1CC[C@]2(C)CC[C@]3(C)[C@H](CC[C@@H]4[C@@]5(C)C=CCC(C)(C)[C@@H]5CC[C@]43C)[C@@H]12. The average Bonchev–Trinajstić information content (AvgIpc) is 2.99. The minimum absolute atomic E-state index is 0.413. The smallest absolute Gasteiger partial charge is 0.00795 e. The summed E-state index contributed by atoms with van der Waals surface area (Å²) in [7, 11) is 0. The summed E-state index contributed by atoms with van der Waals surface area (Å²) in [5.74, 6) is 5.53. The number of hydrogen-bond donors (Lipinski definition) is 0. The van der Waals surface area contributed by atoms with Crippen molar-refractivity contribution in [2.24, 2.45) is 62.6 Å². The summed E-state index contributed by atoms with van der Waals surface area (Å²) in [6.45, 7) is 21.1. The maximum atomic E-state index is 2.79. The van der Waals surface area contributed by atoms with Gasteiger partial charge >= 0.3 is 0 Å². The second-order valence-corrected chi connectivity index (χ2v) is 14.8. The summed E-state index contributed by atoms with van der Waals surface area (Å²) in [6.07, 6.45) is 18.5. The maximum Gasteiger partial charge on any atom is -0.00795 e. The van der Waals surface area contributed by atoms with E-state index in [0.29, 0.717) is 27.1 Å². The zero-order chi connectivity index (χ0) is 21.7. The molecule has 0 saturated heterocycles. The fourth-order valence-electron chi connectivity index (χ4n) is 11.3. The summed E-state index contributed by atoms with van der Waals surface area (Å²) in [4.78, 5) is 0. The van der Waals surface area contributed by atoms with Gasteiger partial charge < -0.3 is 0 Å². The lowest BCUT2D eigenvalue weighted by Crippen LogP contribution is -2.64. The van der Waals surface area contributed by atoms with Gasteiger partial charge in [-0.2, -0.15) is 0 Å². The third kappa shape index (κ3) is 2.52. The maximum absolute atomic E-state index is 2.79. The van der Waals surface area contributed by atoms with Crippen LogP contribution in [0.4, 0.5) is 0 Å². The Morgan fingerprint density at radius 3 is 2.17 bits per heavy atom. The topological polar surface area (TPSA) is 0 Å². The molecule has 4 saturated carbocycles. The lowest BCUT2D eigenvalue weighted by molar-refractivity contribution is -0.219. The molecular weight excluding hydrogens is 360 g/mol. The number of allylic oxidation sites excluding steroid dienone is 2. The van der Waals surface area contributed by atoms with E-state index in [0.717, 1.165) is 35.5 Å². The average molecular weight is 411 g/mol. The van der Waals surface area contributed by atoms with Crippen molar-refractivity contribution in [2.45, 2.75) is 113 Å². The van der Waals surface area contributed by atoms with Crippen LogP contribution in [-0.2, 0) is 0 Å². The first-order chi connectivity index (χ1) is 13.9. The second kappa shape index (κ2) is 6.41. The van der Waals surface area contributed by atoms with Gasteiger partial charge in [0.2, 0.25) is 0 Å². The van der Waals surface area contributed by atoms with Crippen molar-refractivity contribution < 1.29 is 0 Å².